The quantitative estimate of drug-likeness (QED) is 0.868. The number of anilines is 1. The predicted molar refractivity (Wildman–Crippen MR) is 104 cm³/mol. The number of piperidine rings is 1. The van der Waals surface area contributed by atoms with Crippen molar-refractivity contribution < 1.29 is 13.9 Å². The van der Waals surface area contributed by atoms with Crippen molar-refractivity contribution in [3.63, 3.8) is 0 Å². The van der Waals surface area contributed by atoms with E-state index in [9.17, 15) is 9.18 Å². The minimum atomic E-state index is -0.728. The van der Waals surface area contributed by atoms with Gasteiger partial charge in [-0.3, -0.25) is 4.79 Å². The SMILES string of the molecule is CN1CCC(Oc2ccc(NC(=O)C3(c4ccccc4F)CC3)cc2)CC1. The van der Waals surface area contributed by atoms with E-state index in [1.807, 2.05) is 24.3 Å². The summed E-state index contributed by atoms with van der Waals surface area (Å²) in [6.45, 7) is 2.11. The van der Waals surface area contributed by atoms with E-state index in [1.165, 1.54) is 6.07 Å². The summed E-state index contributed by atoms with van der Waals surface area (Å²) in [7, 11) is 2.13. The van der Waals surface area contributed by atoms with Crippen LogP contribution >= 0.6 is 0 Å². The number of benzene rings is 2. The number of amides is 1. The van der Waals surface area contributed by atoms with Crippen LogP contribution in [0, 0.1) is 5.82 Å². The number of hydrogen-bond donors (Lipinski definition) is 1. The number of nitrogens with one attached hydrogen (secondary N) is 1. The van der Waals surface area contributed by atoms with E-state index in [0.29, 0.717) is 24.1 Å². The highest BCUT2D eigenvalue weighted by molar-refractivity contribution is 6.01. The molecule has 0 aromatic heterocycles. The Labute approximate surface area is 159 Å². The van der Waals surface area contributed by atoms with Crippen LogP contribution in [0.3, 0.4) is 0 Å². The maximum Gasteiger partial charge on any atom is 0.235 e. The largest absolute Gasteiger partial charge is 0.490 e. The molecule has 2 aliphatic rings. The van der Waals surface area contributed by atoms with Gasteiger partial charge in [0.15, 0.2) is 0 Å². The molecule has 0 radical (unpaired) electrons. The molecule has 27 heavy (non-hydrogen) atoms. The molecule has 0 atom stereocenters. The minimum absolute atomic E-state index is 0.142. The summed E-state index contributed by atoms with van der Waals surface area (Å²) >= 11 is 0. The van der Waals surface area contributed by atoms with Gasteiger partial charge in [-0.05, 0) is 63.1 Å². The molecule has 1 amide bonds. The van der Waals surface area contributed by atoms with E-state index in [-0.39, 0.29) is 17.8 Å². The van der Waals surface area contributed by atoms with Crippen LogP contribution in [-0.2, 0) is 10.2 Å². The van der Waals surface area contributed by atoms with Crippen LogP contribution in [0.2, 0.25) is 0 Å². The summed E-state index contributed by atoms with van der Waals surface area (Å²) in [5.41, 5.74) is 0.470. The number of halogens is 1. The summed E-state index contributed by atoms with van der Waals surface area (Å²) in [4.78, 5) is 15.1. The highest BCUT2D eigenvalue weighted by Crippen LogP contribution is 2.49. The maximum atomic E-state index is 14.1. The lowest BCUT2D eigenvalue weighted by Gasteiger charge is -2.29. The zero-order valence-electron chi connectivity index (χ0n) is 15.6. The van der Waals surface area contributed by atoms with Crippen molar-refractivity contribution in [3.05, 3.63) is 59.9 Å². The lowest BCUT2D eigenvalue weighted by atomic mass is 9.94. The number of ether oxygens (including phenoxy) is 1. The molecule has 142 valence electrons. The average molecular weight is 368 g/mol. The van der Waals surface area contributed by atoms with Crippen LogP contribution in [0.4, 0.5) is 10.1 Å². The average Bonchev–Trinajstić information content (AvgIpc) is 3.47. The Morgan fingerprint density at radius 2 is 1.78 bits per heavy atom. The van der Waals surface area contributed by atoms with Gasteiger partial charge >= 0.3 is 0 Å². The third-order valence-corrected chi connectivity index (χ3v) is 5.65. The molecule has 0 bridgehead atoms. The van der Waals surface area contributed by atoms with Crippen LogP contribution in [0.25, 0.3) is 0 Å². The fourth-order valence-corrected chi connectivity index (χ4v) is 3.76. The van der Waals surface area contributed by atoms with Crippen LogP contribution in [0.15, 0.2) is 48.5 Å². The second-order valence-corrected chi connectivity index (χ2v) is 7.66. The minimum Gasteiger partial charge on any atom is -0.490 e. The summed E-state index contributed by atoms with van der Waals surface area (Å²) in [6.07, 6.45) is 3.66. The number of carbonyl (C=O) groups excluding carboxylic acids is 1. The number of likely N-dealkylation sites (tertiary alicyclic amines) is 1. The molecule has 5 heteroatoms. The predicted octanol–water partition coefficient (Wildman–Crippen LogP) is 3.97. The molecule has 1 heterocycles. The molecule has 1 aliphatic carbocycles. The van der Waals surface area contributed by atoms with Crippen molar-refractivity contribution in [1.29, 1.82) is 0 Å². The van der Waals surface area contributed by atoms with Crippen molar-refractivity contribution >= 4 is 11.6 Å². The second kappa shape index (κ2) is 7.31. The van der Waals surface area contributed by atoms with Gasteiger partial charge in [0.2, 0.25) is 5.91 Å². The van der Waals surface area contributed by atoms with E-state index >= 15 is 0 Å². The maximum absolute atomic E-state index is 14.1. The second-order valence-electron chi connectivity index (χ2n) is 7.66. The molecule has 1 aliphatic heterocycles. The monoisotopic (exact) mass is 368 g/mol. The standard InChI is InChI=1S/C22H25FN2O2/c1-25-14-10-18(11-15-25)27-17-8-6-16(7-9-17)24-21(26)22(12-13-22)19-4-2-3-5-20(19)23/h2-9,18H,10-15H2,1H3,(H,24,26). The first-order valence-electron chi connectivity index (χ1n) is 9.58. The Hall–Kier alpha value is -2.40. The van der Waals surface area contributed by atoms with Gasteiger partial charge in [0.25, 0.3) is 0 Å². The number of nitrogens with zero attached hydrogens (tertiary/aromatic N) is 1. The third-order valence-electron chi connectivity index (χ3n) is 5.65. The van der Waals surface area contributed by atoms with Crippen LogP contribution < -0.4 is 10.1 Å². The van der Waals surface area contributed by atoms with Crippen molar-refractivity contribution in [2.24, 2.45) is 0 Å². The number of rotatable bonds is 5. The lowest BCUT2D eigenvalue weighted by molar-refractivity contribution is -0.118. The van der Waals surface area contributed by atoms with Crippen molar-refractivity contribution in [1.82, 2.24) is 4.90 Å². The Kier molecular flexibility index (Phi) is 4.87. The molecule has 0 spiro atoms. The Bertz CT molecular complexity index is 809. The highest BCUT2D eigenvalue weighted by atomic mass is 19.1. The summed E-state index contributed by atoms with van der Waals surface area (Å²) < 4.78 is 20.2. The van der Waals surface area contributed by atoms with Gasteiger partial charge in [0.1, 0.15) is 17.7 Å². The normalized spacial score (nSPS) is 19.5. The Morgan fingerprint density at radius 3 is 2.41 bits per heavy atom. The fourth-order valence-electron chi connectivity index (χ4n) is 3.76. The van der Waals surface area contributed by atoms with Gasteiger partial charge in [-0.25, -0.2) is 4.39 Å². The molecule has 2 aromatic rings. The van der Waals surface area contributed by atoms with Gasteiger partial charge in [-0.15, -0.1) is 0 Å². The summed E-state index contributed by atoms with van der Waals surface area (Å²) in [5.74, 6) is 0.362. The Balaban J connectivity index is 1.39. The number of hydrogen-bond acceptors (Lipinski definition) is 3. The zero-order chi connectivity index (χ0) is 18.9. The van der Waals surface area contributed by atoms with Gasteiger partial charge in [0, 0.05) is 24.3 Å². The molecule has 1 saturated heterocycles. The molecular weight excluding hydrogens is 343 g/mol. The first kappa shape index (κ1) is 18.0. The van der Waals surface area contributed by atoms with Gasteiger partial charge in [-0.1, -0.05) is 18.2 Å². The van der Waals surface area contributed by atoms with Crippen molar-refractivity contribution in [2.45, 2.75) is 37.2 Å². The zero-order valence-corrected chi connectivity index (χ0v) is 15.6. The van der Waals surface area contributed by atoms with Crippen molar-refractivity contribution in [2.75, 3.05) is 25.5 Å². The van der Waals surface area contributed by atoms with E-state index in [0.717, 1.165) is 31.7 Å². The van der Waals surface area contributed by atoms with E-state index < -0.39 is 5.41 Å². The molecule has 2 aromatic carbocycles. The van der Waals surface area contributed by atoms with E-state index in [4.69, 9.17) is 4.74 Å². The molecule has 1 N–H and O–H groups in total. The molecular formula is C22H25FN2O2. The summed E-state index contributed by atoms with van der Waals surface area (Å²) in [5, 5.41) is 2.94. The molecule has 2 fully saturated rings. The van der Waals surface area contributed by atoms with Gasteiger partial charge in [-0.2, -0.15) is 0 Å². The lowest BCUT2D eigenvalue weighted by Crippen LogP contribution is -2.35. The Morgan fingerprint density at radius 1 is 1.11 bits per heavy atom. The van der Waals surface area contributed by atoms with Crippen LogP contribution in [0.5, 0.6) is 5.75 Å². The van der Waals surface area contributed by atoms with Crippen LogP contribution in [-0.4, -0.2) is 37.0 Å². The molecule has 4 nitrogen and oxygen atoms in total. The first-order valence-corrected chi connectivity index (χ1v) is 9.58. The molecule has 0 unspecified atom stereocenters. The van der Waals surface area contributed by atoms with Crippen molar-refractivity contribution in [3.8, 4) is 5.75 Å². The van der Waals surface area contributed by atoms with E-state index in [2.05, 4.69) is 17.3 Å². The first-order chi connectivity index (χ1) is 13.1. The smallest absolute Gasteiger partial charge is 0.235 e. The number of carbonyl (C=O) groups is 1. The van der Waals surface area contributed by atoms with Crippen LogP contribution in [0.1, 0.15) is 31.2 Å². The molecule has 1 saturated carbocycles. The highest BCUT2D eigenvalue weighted by Gasteiger charge is 2.52. The van der Waals surface area contributed by atoms with E-state index in [1.54, 1.807) is 18.2 Å². The molecule has 4 rings (SSSR count). The fraction of sp³-hybridized carbons (Fsp3) is 0.409. The topological polar surface area (TPSA) is 41.6 Å². The summed E-state index contributed by atoms with van der Waals surface area (Å²) in [6, 6.07) is 14.0. The van der Waals surface area contributed by atoms with Gasteiger partial charge in [0.05, 0.1) is 5.41 Å². The third kappa shape index (κ3) is 3.83. The van der Waals surface area contributed by atoms with Gasteiger partial charge < -0.3 is 15.0 Å².